The molecule has 17 heavy (non-hydrogen) atoms. The zero-order chi connectivity index (χ0) is 13.1. The predicted molar refractivity (Wildman–Crippen MR) is 68.1 cm³/mol. The molecule has 0 aliphatic carbocycles. The Bertz CT molecular complexity index is 234. The Morgan fingerprint density at radius 2 is 2.06 bits per heavy atom. The molecule has 0 aromatic carbocycles. The molecule has 0 aromatic rings. The predicted octanol–water partition coefficient (Wildman–Crippen LogP) is 0.483. The number of aliphatic carboxylic acids is 1. The van der Waals surface area contributed by atoms with Crippen molar-refractivity contribution in [2.45, 2.75) is 45.1 Å². The first kappa shape index (κ1) is 15.7. The second-order valence-electron chi connectivity index (χ2n) is 4.03. The van der Waals surface area contributed by atoms with Crippen molar-refractivity contribution >= 4 is 11.9 Å². The molecule has 0 amide bonds. The third-order valence-electron chi connectivity index (χ3n) is 2.45. The topological polar surface area (TPSA) is 111 Å². The number of unbranched alkanes of at least 4 members (excludes halogenated alkanes) is 2. The van der Waals surface area contributed by atoms with Gasteiger partial charge in [-0.3, -0.25) is 10.2 Å². The molecule has 0 saturated heterocycles. The third kappa shape index (κ3) is 9.62. The van der Waals surface area contributed by atoms with Gasteiger partial charge in [0.1, 0.15) is 6.04 Å². The van der Waals surface area contributed by atoms with Gasteiger partial charge >= 0.3 is 5.97 Å². The number of carboxylic acids is 1. The Balaban J connectivity index is 3.67. The normalized spacial score (nSPS) is 12.1. The Hall–Kier alpha value is -1.30. The molecule has 0 unspecified atom stereocenters. The van der Waals surface area contributed by atoms with E-state index in [4.69, 9.17) is 16.2 Å². The monoisotopic (exact) mass is 244 g/mol. The molecule has 0 heterocycles. The number of guanidine groups is 1. The number of hydrogen-bond acceptors (Lipinski definition) is 3. The average molecular weight is 244 g/mol. The van der Waals surface area contributed by atoms with Crippen LogP contribution >= 0.6 is 0 Å². The minimum atomic E-state index is -0.815. The van der Waals surface area contributed by atoms with Crippen LogP contribution in [0.1, 0.15) is 39.0 Å². The first-order valence-corrected chi connectivity index (χ1v) is 6.12. The number of rotatable bonds is 10. The van der Waals surface area contributed by atoms with E-state index in [1.54, 1.807) is 0 Å². The van der Waals surface area contributed by atoms with Gasteiger partial charge < -0.3 is 21.5 Å². The summed E-state index contributed by atoms with van der Waals surface area (Å²) in [6.07, 6.45) is 4.47. The molecule has 0 aliphatic heterocycles. The van der Waals surface area contributed by atoms with Crippen LogP contribution in [0.3, 0.4) is 0 Å². The Morgan fingerprint density at radius 1 is 1.35 bits per heavy atom. The molecule has 0 fully saturated rings. The molecule has 0 aromatic heterocycles. The fourth-order valence-corrected chi connectivity index (χ4v) is 1.49. The summed E-state index contributed by atoms with van der Waals surface area (Å²) < 4.78 is 0. The van der Waals surface area contributed by atoms with E-state index in [2.05, 4.69) is 17.6 Å². The average Bonchev–Trinajstić information content (AvgIpc) is 2.26. The SMILES string of the molecule is CCCCCN[C@@H](CCCNC(=N)N)C(=O)O. The molecule has 100 valence electrons. The molecular formula is C11H24N4O2. The molecule has 6 heteroatoms. The zero-order valence-corrected chi connectivity index (χ0v) is 10.5. The van der Waals surface area contributed by atoms with Crippen LogP contribution in [0.15, 0.2) is 0 Å². The van der Waals surface area contributed by atoms with Crippen molar-refractivity contribution in [1.82, 2.24) is 10.6 Å². The van der Waals surface area contributed by atoms with E-state index in [0.29, 0.717) is 19.4 Å². The van der Waals surface area contributed by atoms with Gasteiger partial charge in [0.05, 0.1) is 0 Å². The zero-order valence-electron chi connectivity index (χ0n) is 10.5. The van der Waals surface area contributed by atoms with Crippen molar-refractivity contribution < 1.29 is 9.90 Å². The Morgan fingerprint density at radius 3 is 2.59 bits per heavy atom. The summed E-state index contributed by atoms with van der Waals surface area (Å²) in [6.45, 7) is 3.39. The second-order valence-corrected chi connectivity index (χ2v) is 4.03. The van der Waals surface area contributed by atoms with Gasteiger partial charge in [0.15, 0.2) is 5.96 Å². The maximum atomic E-state index is 10.9. The summed E-state index contributed by atoms with van der Waals surface area (Å²) in [5.74, 6) is -0.892. The second kappa shape index (κ2) is 9.89. The minimum absolute atomic E-state index is 0.0761. The quantitative estimate of drug-likeness (QED) is 0.218. The van der Waals surface area contributed by atoms with Gasteiger partial charge in [0.2, 0.25) is 0 Å². The molecular weight excluding hydrogens is 220 g/mol. The molecule has 0 aliphatic rings. The van der Waals surface area contributed by atoms with Crippen molar-refractivity contribution in [3.8, 4) is 0 Å². The molecule has 6 N–H and O–H groups in total. The summed E-state index contributed by atoms with van der Waals surface area (Å²) in [7, 11) is 0. The standard InChI is InChI=1S/C11H24N4O2/c1-2-3-4-7-14-9(10(16)17)6-5-8-15-11(12)13/h9,14H,2-8H2,1H3,(H,16,17)(H4,12,13,15)/t9-/m0/s1. The highest BCUT2D eigenvalue weighted by molar-refractivity contribution is 5.74. The highest BCUT2D eigenvalue weighted by Crippen LogP contribution is 1.99. The minimum Gasteiger partial charge on any atom is -0.480 e. The largest absolute Gasteiger partial charge is 0.480 e. The maximum Gasteiger partial charge on any atom is 0.320 e. The molecule has 0 bridgehead atoms. The van der Waals surface area contributed by atoms with E-state index in [9.17, 15) is 4.79 Å². The highest BCUT2D eigenvalue weighted by Gasteiger charge is 2.15. The molecule has 0 rings (SSSR count). The summed E-state index contributed by atoms with van der Waals surface area (Å²) in [4.78, 5) is 10.9. The summed E-state index contributed by atoms with van der Waals surface area (Å²) in [6, 6.07) is -0.499. The highest BCUT2D eigenvalue weighted by atomic mass is 16.4. The summed E-state index contributed by atoms with van der Waals surface area (Å²) in [5.41, 5.74) is 5.12. The lowest BCUT2D eigenvalue weighted by Gasteiger charge is -2.14. The number of carbonyl (C=O) groups is 1. The fourth-order valence-electron chi connectivity index (χ4n) is 1.49. The van der Waals surface area contributed by atoms with E-state index < -0.39 is 12.0 Å². The van der Waals surface area contributed by atoms with Gasteiger partial charge in [-0.2, -0.15) is 0 Å². The van der Waals surface area contributed by atoms with Crippen molar-refractivity contribution in [2.75, 3.05) is 13.1 Å². The van der Waals surface area contributed by atoms with Crippen molar-refractivity contribution in [1.29, 1.82) is 5.41 Å². The van der Waals surface area contributed by atoms with Crippen molar-refractivity contribution in [3.05, 3.63) is 0 Å². The van der Waals surface area contributed by atoms with Crippen molar-refractivity contribution in [3.63, 3.8) is 0 Å². The van der Waals surface area contributed by atoms with E-state index in [1.165, 1.54) is 0 Å². The van der Waals surface area contributed by atoms with Gasteiger partial charge in [0, 0.05) is 6.54 Å². The van der Waals surface area contributed by atoms with E-state index >= 15 is 0 Å². The van der Waals surface area contributed by atoms with Gasteiger partial charge in [-0.05, 0) is 25.8 Å². The van der Waals surface area contributed by atoms with Crippen LogP contribution < -0.4 is 16.4 Å². The molecule has 1 atom stereocenters. The van der Waals surface area contributed by atoms with Crippen LogP contribution in [0.25, 0.3) is 0 Å². The Kier molecular flexibility index (Phi) is 9.14. The van der Waals surface area contributed by atoms with Crippen LogP contribution in [0.2, 0.25) is 0 Å². The number of carboxylic acid groups (broad SMARTS) is 1. The molecule has 0 saturated carbocycles. The smallest absolute Gasteiger partial charge is 0.320 e. The van der Waals surface area contributed by atoms with E-state index in [0.717, 1.165) is 25.8 Å². The lowest BCUT2D eigenvalue weighted by Crippen LogP contribution is -2.38. The van der Waals surface area contributed by atoms with Crippen LogP contribution in [0.5, 0.6) is 0 Å². The van der Waals surface area contributed by atoms with Crippen LogP contribution in [0.4, 0.5) is 0 Å². The van der Waals surface area contributed by atoms with Gasteiger partial charge in [-0.15, -0.1) is 0 Å². The van der Waals surface area contributed by atoms with Crippen molar-refractivity contribution in [2.24, 2.45) is 5.73 Å². The maximum absolute atomic E-state index is 10.9. The molecule has 6 nitrogen and oxygen atoms in total. The van der Waals surface area contributed by atoms with E-state index in [1.807, 2.05) is 0 Å². The third-order valence-corrected chi connectivity index (χ3v) is 2.45. The Labute approximate surface area is 102 Å². The van der Waals surface area contributed by atoms with E-state index in [-0.39, 0.29) is 5.96 Å². The number of nitrogens with one attached hydrogen (secondary N) is 3. The summed E-state index contributed by atoms with van der Waals surface area (Å²) in [5, 5.41) is 21.6. The lowest BCUT2D eigenvalue weighted by atomic mass is 10.1. The first-order valence-electron chi connectivity index (χ1n) is 6.12. The number of hydrogen-bond donors (Lipinski definition) is 5. The van der Waals surface area contributed by atoms with Gasteiger partial charge in [-0.25, -0.2) is 0 Å². The first-order chi connectivity index (χ1) is 8.07. The summed E-state index contributed by atoms with van der Waals surface area (Å²) >= 11 is 0. The fraction of sp³-hybridized carbons (Fsp3) is 0.818. The van der Waals surface area contributed by atoms with Crippen LogP contribution in [0, 0.1) is 5.41 Å². The number of nitrogens with two attached hydrogens (primary N) is 1. The van der Waals surface area contributed by atoms with Crippen LogP contribution in [-0.2, 0) is 4.79 Å². The molecule has 0 spiro atoms. The van der Waals surface area contributed by atoms with Gasteiger partial charge in [0.25, 0.3) is 0 Å². The van der Waals surface area contributed by atoms with Crippen LogP contribution in [-0.4, -0.2) is 36.2 Å². The molecule has 0 radical (unpaired) electrons. The lowest BCUT2D eigenvalue weighted by molar-refractivity contribution is -0.139. The van der Waals surface area contributed by atoms with Gasteiger partial charge in [-0.1, -0.05) is 19.8 Å².